The summed E-state index contributed by atoms with van der Waals surface area (Å²) in [5.41, 5.74) is -2.17. The van der Waals surface area contributed by atoms with Crippen LogP contribution in [0.2, 0.25) is 5.15 Å². The zero-order chi connectivity index (χ0) is 11.6. The van der Waals surface area contributed by atoms with E-state index in [1.165, 1.54) is 6.07 Å². The van der Waals surface area contributed by atoms with Gasteiger partial charge in [0.05, 0.1) is 16.7 Å². The lowest BCUT2D eigenvalue weighted by atomic mass is 10.1. The molecule has 0 aliphatic heterocycles. The fourth-order valence-electron chi connectivity index (χ4n) is 1.02. The lowest BCUT2D eigenvalue weighted by Crippen LogP contribution is -2.08. The van der Waals surface area contributed by atoms with Crippen molar-refractivity contribution in [3.8, 4) is 6.07 Å². The maximum absolute atomic E-state index is 12.5. The molecule has 1 aromatic rings. The normalized spacial score (nSPS) is 10.1. The zero-order valence-electron chi connectivity index (χ0n) is 7.04. The molecule has 0 amide bonds. The topological polar surface area (TPSA) is 74.0 Å². The van der Waals surface area contributed by atoms with Crippen LogP contribution in [0, 0.1) is 11.3 Å². The number of nitriles is 1. The first kappa shape index (κ1) is 11.3. The van der Waals surface area contributed by atoms with Crippen LogP contribution >= 0.6 is 11.6 Å². The highest BCUT2D eigenvalue weighted by Gasteiger charge is 2.25. The minimum Gasteiger partial charge on any atom is -0.478 e. The molecule has 1 aromatic heterocycles. The first-order valence-corrected chi connectivity index (χ1v) is 3.96. The van der Waals surface area contributed by atoms with Gasteiger partial charge in [-0.3, -0.25) is 0 Å². The number of pyridine rings is 1. The molecular weight excluding hydrogens is 230 g/mol. The molecule has 1 N–H and O–H groups in total. The number of aromatic carboxylic acids is 1. The van der Waals surface area contributed by atoms with Crippen molar-refractivity contribution >= 4 is 17.6 Å². The Bertz CT molecular complexity index is 457. The van der Waals surface area contributed by atoms with Crippen molar-refractivity contribution in [1.29, 1.82) is 5.26 Å². The zero-order valence-corrected chi connectivity index (χ0v) is 7.79. The Morgan fingerprint density at radius 2 is 2.27 bits per heavy atom. The van der Waals surface area contributed by atoms with E-state index in [9.17, 15) is 13.6 Å². The predicted molar refractivity (Wildman–Crippen MR) is 45.9 cm³/mol. The van der Waals surface area contributed by atoms with Gasteiger partial charge in [0.2, 0.25) is 0 Å². The Hall–Kier alpha value is -1.74. The van der Waals surface area contributed by atoms with E-state index >= 15 is 0 Å². The molecule has 15 heavy (non-hydrogen) atoms. The van der Waals surface area contributed by atoms with Crippen molar-refractivity contribution in [3.05, 3.63) is 28.0 Å². The summed E-state index contributed by atoms with van der Waals surface area (Å²) in [7, 11) is 0. The molecule has 0 fully saturated rings. The van der Waals surface area contributed by atoms with E-state index < -0.39 is 34.2 Å². The van der Waals surface area contributed by atoms with E-state index in [2.05, 4.69) is 4.98 Å². The summed E-state index contributed by atoms with van der Waals surface area (Å²) in [5.74, 6) is -1.63. The van der Waals surface area contributed by atoms with Gasteiger partial charge in [-0.15, -0.1) is 0 Å². The number of carboxylic acids is 1. The number of hydrogen-bond acceptors (Lipinski definition) is 3. The molecule has 4 nitrogen and oxygen atoms in total. The van der Waals surface area contributed by atoms with Gasteiger partial charge in [0.15, 0.2) is 0 Å². The summed E-state index contributed by atoms with van der Waals surface area (Å²) in [6.07, 6.45) is -2.25. The number of rotatable bonds is 2. The maximum Gasteiger partial charge on any atom is 0.337 e. The summed E-state index contributed by atoms with van der Waals surface area (Å²) in [6, 6.07) is 1.46. The van der Waals surface area contributed by atoms with Crippen LogP contribution in [0.1, 0.15) is 27.9 Å². The quantitative estimate of drug-likeness (QED) is 0.794. The molecule has 0 saturated heterocycles. The standard InChI is InChI=1S/C8H3ClF2N2O2/c9-6-5(7(10)11)4(8(14)15)3(1-12)2-13-6/h2,7H,(H,14,15). The lowest BCUT2D eigenvalue weighted by Gasteiger charge is -2.07. The molecule has 0 spiro atoms. The van der Waals surface area contributed by atoms with Gasteiger partial charge < -0.3 is 5.11 Å². The van der Waals surface area contributed by atoms with Crippen molar-refractivity contribution in [2.45, 2.75) is 6.43 Å². The largest absolute Gasteiger partial charge is 0.478 e. The Morgan fingerprint density at radius 3 is 2.67 bits per heavy atom. The van der Waals surface area contributed by atoms with Crippen LogP contribution in [-0.2, 0) is 0 Å². The van der Waals surface area contributed by atoms with Crippen LogP contribution in [0.4, 0.5) is 8.78 Å². The smallest absolute Gasteiger partial charge is 0.337 e. The molecule has 7 heteroatoms. The van der Waals surface area contributed by atoms with Crippen LogP contribution in [0.15, 0.2) is 6.20 Å². The molecular formula is C8H3ClF2N2O2. The first-order valence-electron chi connectivity index (χ1n) is 3.59. The SMILES string of the molecule is N#Cc1cnc(Cl)c(C(F)F)c1C(=O)O. The van der Waals surface area contributed by atoms with Crippen LogP contribution in [0.25, 0.3) is 0 Å². The fourth-order valence-corrected chi connectivity index (χ4v) is 1.24. The Balaban J connectivity index is 3.60. The minimum absolute atomic E-state index is 0.442. The molecule has 0 aliphatic rings. The highest BCUT2D eigenvalue weighted by molar-refractivity contribution is 6.30. The van der Waals surface area contributed by atoms with Gasteiger partial charge in [-0.05, 0) is 0 Å². The van der Waals surface area contributed by atoms with E-state index in [1.54, 1.807) is 0 Å². The van der Waals surface area contributed by atoms with Gasteiger partial charge in [-0.2, -0.15) is 5.26 Å². The molecule has 1 rings (SSSR count). The summed E-state index contributed by atoms with van der Waals surface area (Å²) in [4.78, 5) is 14.0. The van der Waals surface area contributed by atoms with E-state index in [1.807, 2.05) is 0 Å². The second kappa shape index (κ2) is 4.19. The van der Waals surface area contributed by atoms with Gasteiger partial charge in [-0.1, -0.05) is 11.6 Å². The van der Waals surface area contributed by atoms with Gasteiger partial charge >= 0.3 is 5.97 Å². The predicted octanol–water partition coefficient (Wildman–Crippen LogP) is 2.24. The summed E-state index contributed by atoms with van der Waals surface area (Å²) in [6.45, 7) is 0. The summed E-state index contributed by atoms with van der Waals surface area (Å²) < 4.78 is 24.9. The maximum atomic E-state index is 12.5. The van der Waals surface area contributed by atoms with Crippen molar-refractivity contribution < 1.29 is 18.7 Å². The van der Waals surface area contributed by atoms with Crippen LogP contribution in [-0.4, -0.2) is 16.1 Å². The first-order chi connectivity index (χ1) is 6.99. The molecule has 1 heterocycles. The third-order valence-electron chi connectivity index (χ3n) is 1.62. The Kier molecular flexibility index (Phi) is 3.17. The number of alkyl halides is 2. The third kappa shape index (κ3) is 2.02. The van der Waals surface area contributed by atoms with E-state index in [4.69, 9.17) is 22.0 Å². The van der Waals surface area contributed by atoms with Gasteiger partial charge in [0.25, 0.3) is 6.43 Å². The van der Waals surface area contributed by atoms with Crippen molar-refractivity contribution in [1.82, 2.24) is 4.98 Å². The van der Waals surface area contributed by atoms with Crippen LogP contribution in [0.3, 0.4) is 0 Å². The van der Waals surface area contributed by atoms with E-state index in [0.29, 0.717) is 0 Å². The van der Waals surface area contributed by atoms with Crippen LogP contribution in [0.5, 0.6) is 0 Å². The highest BCUT2D eigenvalue weighted by atomic mass is 35.5. The number of carboxylic acid groups (broad SMARTS) is 1. The highest BCUT2D eigenvalue weighted by Crippen LogP contribution is 2.30. The lowest BCUT2D eigenvalue weighted by molar-refractivity contribution is 0.0684. The number of aromatic nitrogens is 1. The monoisotopic (exact) mass is 232 g/mol. The molecule has 78 valence electrons. The number of carbonyl (C=O) groups is 1. The average Bonchev–Trinajstić information content (AvgIpc) is 2.16. The van der Waals surface area contributed by atoms with Gasteiger partial charge in [0.1, 0.15) is 11.2 Å². The van der Waals surface area contributed by atoms with Gasteiger partial charge in [0, 0.05) is 6.20 Å². The Morgan fingerprint density at radius 1 is 1.67 bits per heavy atom. The van der Waals surface area contributed by atoms with Crippen molar-refractivity contribution in [3.63, 3.8) is 0 Å². The second-order valence-electron chi connectivity index (χ2n) is 2.47. The third-order valence-corrected chi connectivity index (χ3v) is 1.92. The number of nitrogens with zero attached hydrogens (tertiary/aromatic N) is 2. The molecule has 0 unspecified atom stereocenters. The van der Waals surface area contributed by atoms with E-state index in [-0.39, 0.29) is 0 Å². The number of halogens is 3. The summed E-state index contributed by atoms with van der Waals surface area (Å²) >= 11 is 5.33. The summed E-state index contributed by atoms with van der Waals surface area (Å²) in [5, 5.41) is 16.6. The minimum atomic E-state index is -3.09. The van der Waals surface area contributed by atoms with Crippen LogP contribution < -0.4 is 0 Å². The number of hydrogen-bond donors (Lipinski definition) is 1. The van der Waals surface area contributed by atoms with Crippen molar-refractivity contribution in [2.75, 3.05) is 0 Å². The molecule has 0 bridgehead atoms. The molecule has 0 aliphatic carbocycles. The molecule has 0 saturated carbocycles. The average molecular weight is 233 g/mol. The van der Waals surface area contributed by atoms with Crippen molar-refractivity contribution in [2.24, 2.45) is 0 Å². The fraction of sp³-hybridized carbons (Fsp3) is 0.125. The van der Waals surface area contributed by atoms with E-state index in [0.717, 1.165) is 6.20 Å². The van der Waals surface area contributed by atoms with Gasteiger partial charge in [-0.25, -0.2) is 18.6 Å². The molecule has 0 atom stereocenters. The molecule has 0 radical (unpaired) electrons. The molecule has 0 aromatic carbocycles. The second-order valence-corrected chi connectivity index (χ2v) is 2.83. The Labute approximate surface area is 87.7 Å².